The Morgan fingerprint density at radius 3 is 2.44 bits per heavy atom. The number of nitrogens with zero attached hydrogens (tertiary/aromatic N) is 2. The van der Waals surface area contributed by atoms with Crippen LogP contribution in [0.5, 0.6) is 5.75 Å². The van der Waals surface area contributed by atoms with E-state index in [9.17, 15) is 17.2 Å². The van der Waals surface area contributed by atoms with Crippen molar-refractivity contribution in [2.45, 2.75) is 24.2 Å². The first-order valence-electron chi connectivity index (χ1n) is 8.59. The SMILES string of the molecule is COc1cc(S(=O)(=O)N2CCCCC2)ccc1N=Cc1ccc(F)c(F)c1. The molecule has 8 heteroatoms. The molecule has 0 radical (unpaired) electrons. The van der Waals surface area contributed by atoms with Gasteiger partial charge < -0.3 is 4.74 Å². The summed E-state index contributed by atoms with van der Waals surface area (Å²) in [7, 11) is -2.16. The van der Waals surface area contributed by atoms with Gasteiger partial charge in [-0.2, -0.15) is 4.31 Å². The van der Waals surface area contributed by atoms with Gasteiger partial charge in [-0.1, -0.05) is 12.5 Å². The van der Waals surface area contributed by atoms with Crippen LogP contribution < -0.4 is 4.74 Å². The van der Waals surface area contributed by atoms with E-state index in [2.05, 4.69) is 4.99 Å². The first-order chi connectivity index (χ1) is 12.9. The molecule has 2 aromatic rings. The van der Waals surface area contributed by atoms with Crippen LogP contribution in [0.1, 0.15) is 24.8 Å². The van der Waals surface area contributed by atoms with Crippen LogP contribution in [0.15, 0.2) is 46.3 Å². The van der Waals surface area contributed by atoms with Crippen molar-refractivity contribution >= 4 is 21.9 Å². The zero-order chi connectivity index (χ0) is 19.4. The summed E-state index contributed by atoms with van der Waals surface area (Å²) < 4.78 is 58.6. The van der Waals surface area contributed by atoms with Crippen LogP contribution in [0, 0.1) is 11.6 Å². The number of hydrogen-bond acceptors (Lipinski definition) is 4. The predicted molar refractivity (Wildman–Crippen MR) is 99.2 cm³/mol. The molecule has 0 amide bonds. The van der Waals surface area contributed by atoms with Gasteiger partial charge in [-0.05, 0) is 42.7 Å². The third-order valence-electron chi connectivity index (χ3n) is 4.40. The van der Waals surface area contributed by atoms with Gasteiger partial charge in [0.05, 0.1) is 12.0 Å². The van der Waals surface area contributed by atoms with Crippen LogP contribution in [0.4, 0.5) is 14.5 Å². The smallest absolute Gasteiger partial charge is 0.243 e. The summed E-state index contributed by atoms with van der Waals surface area (Å²) in [4.78, 5) is 4.35. The van der Waals surface area contributed by atoms with E-state index in [1.807, 2.05) is 0 Å². The van der Waals surface area contributed by atoms with E-state index in [0.717, 1.165) is 31.4 Å². The minimum Gasteiger partial charge on any atom is -0.494 e. The van der Waals surface area contributed by atoms with E-state index in [4.69, 9.17) is 4.74 Å². The molecule has 0 aliphatic carbocycles. The van der Waals surface area contributed by atoms with Gasteiger partial charge in [0.15, 0.2) is 11.6 Å². The minimum absolute atomic E-state index is 0.146. The number of ether oxygens (including phenoxy) is 1. The Morgan fingerprint density at radius 1 is 1.04 bits per heavy atom. The number of aliphatic imine (C=N–C) groups is 1. The van der Waals surface area contributed by atoms with Gasteiger partial charge in [-0.25, -0.2) is 17.2 Å². The maximum atomic E-state index is 13.3. The number of methoxy groups -OCH3 is 1. The zero-order valence-corrected chi connectivity index (χ0v) is 15.7. The molecule has 0 N–H and O–H groups in total. The molecular weight excluding hydrogens is 374 g/mol. The Morgan fingerprint density at radius 2 is 1.78 bits per heavy atom. The molecule has 144 valence electrons. The third-order valence-corrected chi connectivity index (χ3v) is 6.29. The molecule has 1 aliphatic heterocycles. The second-order valence-corrected chi connectivity index (χ2v) is 8.17. The molecule has 2 aromatic carbocycles. The highest BCUT2D eigenvalue weighted by atomic mass is 32.2. The van der Waals surface area contributed by atoms with E-state index >= 15 is 0 Å². The molecule has 0 bridgehead atoms. The van der Waals surface area contributed by atoms with Gasteiger partial charge in [0.1, 0.15) is 11.4 Å². The van der Waals surface area contributed by atoms with Crippen LogP contribution >= 0.6 is 0 Å². The van der Waals surface area contributed by atoms with Crippen molar-refractivity contribution in [3.05, 3.63) is 53.6 Å². The lowest BCUT2D eigenvalue weighted by atomic mass is 10.2. The molecular formula is C19H20F2N2O3S. The van der Waals surface area contributed by atoms with Gasteiger partial charge in [0.2, 0.25) is 10.0 Å². The predicted octanol–water partition coefficient (Wildman–Crippen LogP) is 3.90. The largest absolute Gasteiger partial charge is 0.494 e. The van der Waals surface area contributed by atoms with Crippen molar-refractivity contribution < 1.29 is 21.9 Å². The second kappa shape index (κ2) is 8.14. The molecule has 0 atom stereocenters. The van der Waals surface area contributed by atoms with E-state index in [1.54, 1.807) is 0 Å². The molecule has 0 aromatic heterocycles. The van der Waals surface area contributed by atoms with Crippen LogP contribution in [0.3, 0.4) is 0 Å². The molecule has 0 unspecified atom stereocenters. The van der Waals surface area contributed by atoms with Crippen molar-refractivity contribution in [1.82, 2.24) is 4.31 Å². The normalized spacial score (nSPS) is 16.0. The fourth-order valence-electron chi connectivity index (χ4n) is 2.92. The van der Waals surface area contributed by atoms with Crippen molar-refractivity contribution in [1.29, 1.82) is 0 Å². The van der Waals surface area contributed by atoms with Crippen LogP contribution in [0.2, 0.25) is 0 Å². The molecule has 5 nitrogen and oxygen atoms in total. The van der Waals surface area contributed by atoms with Gasteiger partial charge in [0, 0.05) is 25.4 Å². The highest BCUT2D eigenvalue weighted by Crippen LogP contribution is 2.32. The fraction of sp³-hybridized carbons (Fsp3) is 0.316. The summed E-state index contributed by atoms with van der Waals surface area (Å²) in [5, 5.41) is 0. The molecule has 1 aliphatic rings. The number of benzene rings is 2. The highest BCUT2D eigenvalue weighted by molar-refractivity contribution is 7.89. The van der Waals surface area contributed by atoms with Crippen LogP contribution in [0.25, 0.3) is 0 Å². The van der Waals surface area contributed by atoms with Crippen molar-refractivity contribution in [3.8, 4) is 5.75 Å². The summed E-state index contributed by atoms with van der Waals surface area (Å²) in [6.45, 7) is 1.03. The Hall–Kier alpha value is -2.32. The summed E-state index contributed by atoms with van der Waals surface area (Å²) >= 11 is 0. The fourth-order valence-corrected chi connectivity index (χ4v) is 4.45. The zero-order valence-electron chi connectivity index (χ0n) is 14.9. The van der Waals surface area contributed by atoms with Crippen LogP contribution in [-0.4, -0.2) is 39.1 Å². The van der Waals surface area contributed by atoms with Crippen molar-refractivity contribution in [3.63, 3.8) is 0 Å². The number of sulfonamides is 1. The monoisotopic (exact) mass is 394 g/mol. The summed E-state index contributed by atoms with van der Waals surface area (Å²) in [6, 6.07) is 7.88. The Balaban J connectivity index is 1.87. The van der Waals surface area contributed by atoms with E-state index in [-0.39, 0.29) is 10.6 Å². The molecule has 27 heavy (non-hydrogen) atoms. The number of halogens is 2. The number of hydrogen-bond donors (Lipinski definition) is 0. The number of rotatable bonds is 5. The van der Waals surface area contributed by atoms with Crippen molar-refractivity contribution in [2.75, 3.05) is 20.2 Å². The highest BCUT2D eigenvalue weighted by Gasteiger charge is 2.26. The van der Waals surface area contributed by atoms with Gasteiger partial charge in [-0.3, -0.25) is 4.99 Å². The molecule has 3 rings (SSSR count). The average molecular weight is 394 g/mol. The lowest BCUT2D eigenvalue weighted by Crippen LogP contribution is -2.35. The van der Waals surface area contributed by atoms with E-state index < -0.39 is 21.7 Å². The topological polar surface area (TPSA) is 59.0 Å². The maximum Gasteiger partial charge on any atom is 0.243 e. The van der Waals surface area contributed by atoms with Gasteiger partial charge in [0.25, 0.3) is 0 Å². The lowest BCUT2D eigenvalue weighted by Gasteiger charge is -2.26. The quantitative estimate of drug-likeness (QED) is 0.723. The first kappa shape index (κ1) is 19.4. The average Bonchev–Trinajstić information content (AvgIpc) is 2.69. The maximum absolute atomic E-state index is 13.3. The summed E-state index contributed by atoms with van der Waals surface area (Å²) in [5.74, 6) is -1.61. The molecule has 1 fully saturated rings. The standard InChI is InChI=1S/C19H20F2N2O3S/c1-26-19-12-15(27(24,25)23-9-3-2-4-10-23)6-8-18(19)22-13-14-5-7-16(20)17(21)11-14/h5-8,11-13H,2-4,9-10H2,1H3. The molecule has 0 spiro atoms. The Kier molecular flexibility index (Phi) is 5.86. The minimum atomic E-state index is -3.58. The molecule has 1 saturated heterocycles. The Bertz CT molecular complexity index is 955. The summed E-state index contributed by atoms with van der Waals surface area (Å²) in [5.41, 5.74) is 0.765. The van der Waals surface area contributed by atoms with E-state index in [0.29, 0.717) is 24.3 Å². The first-order valence-corrected chi connectivity index (χ1v) is 10.0. The Labute approximate surface area is 157 Å². The summed E-state index contributed by atoms with van der Waals surface area (Å²) in [6.07, 6.45) is 4.10. The van der Waals surface area contributed by atoms with E-state index in [1.165, 1.54) is 41.9 Å². The number of piperidine rings is 1. The van der Waals surface area contributed by atoms with Crippen LogP contribution in [-0.2, 0) is 10.0 Å². The molecule has 1 heterocycles. The van der Waals surface area contributed by atoms with Gasteiger partial charge in [-0.15, -0.1) is 0 Å². The third kappa shape index (κ3) is 4.33. The molecule has 0 saturated carbocycles. The lowest BCUT2D eigenvalue weighted by molar-refractivity contribution is 0.346. The van der Waals surface area contributed by atoms with Crippen molar-refractivity contribution in [2.24, 2.45) is 4.99 Å². The van der Waals surface area contributed by atoms with Gasteiger partial charge >= 0.3 is 0 Å². The second-order valence-electron chi connectivity index (χ2n) is 6.23.